The van der Waals surface area contributed by atoms with Gasteiger partial charge >= 0.3 is 17.9 Å². The van der Waals surface area contributed by atoms with Crippen molar-refractivity contribution in [2.24, 2.45) is 22.6 Å². The first-order valence-corrected chi connectivity index (χ1v) is 35.6. The number of esters is 3. The van der Waals surface area contributed by atoms with Gasteiger partial charge in [-0.2, -0.15) is 25.3 Å². The molecule has 0 radical (unpaired) electrons. The molecule has 4 aliphatic heterocycles. The number of amidine groups is 2. The van der Waals surface area contributed by atoms with Crippen LogP contribution in [-0.2, 0) is 45.3 Å². The van der Waals surface area contributed by atoms with Crippen molar-refractivity contribution in [3.05, 3.63) is 154 Å². The molecule has 10 atom stereocenters. The Kier molecular flexibility index (Phi) is 24.8. The molecular formula is C74H90N12O15S2. The van der Waals surface area contributed by atoms with E-state index in [0.717, 1.165) is 24.9 Å². The van der Waals surface area contributed by atoms with Gasteiger partial charge in [0.2, 0.25) is 23.6 Å². The van der Waals surface area contributed by atoms with Gasteiger partial charge in [-0.05, 0) is 200 Å². The molecule has 5 unspecified atom stereocenters. The van der Waals surface area contributed by atoms with Gasteiger partial charge < -0.3 is 80.5 Å². The Morgan fingerprint density at radius 3 is 1.87 bits per heavy atom. The normalized spacial score (nSPS) is 21.7. The van der Waals surface area contributed by atoms with Gasteiger partial charge in [-0.3, -0.25) is 40.6 Å². The van der Waals surface area contributed by atoms with E-state index in [-0.39, 0.29) is 89.0 Å². The molecule has 0 saturated carbocycles. The average Bonchev–Trinajstić information content (AvgIpc) is 1.43. The maximum Gasteiger partial charge on any atom is 0.343 e. The van der Waals surface area contributed by atoms with Crippen LogP contribution in [0.1, 0.15) is 116 Å². The summed E-state index contributed by atoms with van der Waals surface area (Å²) in [5.41, 5.74) is 20.0. The van der Waals surface area contributed by atoms with Crippen molar-refractivity contribution in [1.82, 2.24) is 36.0 Å². The topological polar surface area (TPSA) is 385 Å². The highest BCUT2D eigenvalue weighted by Crippen LogP contribution is 2.69. The van der Waals surface area contributed by atoms with E-state index in [1.54, 1.807) is 62.6 Å². The number of nitrogens with one attached hydrogen (secondary N) is 6. The predicted molar refractivity (Wildman–Crippen MR) is 389 cm³/mol. The smallest absolute Gasteiger partial charge is 0.343 e. The summed E-state index contributed by atoms with van der Waals surface area (Å²) >= 11 is 8.07. The number of likely N-dealkylation sites (N-methyl/N-ethyl adjacent to an activating group) is 1. The van der Waals surface area contributed by atoms with Gasteiger partial charge in [0.25, 0.3) is 0 Å². The van der Waals surface area contributed by atoms with Crippen molar-refractivity contribution in [1.29, 1.82) is 10.8 Å². The monoisotopic (exact) mass is 1450 g/mol. The maximum atomic E-state index is 15.1. The van der Waals surface area contributed by atoms with Crippen LogP contribution >= 0.6 is 25.3 Å². The molecule has 1 spiro atoms. The van der Waals surface area contributed by atoms with Crippen molar-refractivity contribution in [3.8, 4) is 34.5 Å². The summed E-state index contributed by atoms with van der Waals surface area (Å²) < 4.78 is 49.6. The minimum Gasteiger partial charge on any atom is -0.493 e. The average molecular weight is 1450 g/mol. The van der Waals surface area contributed by atoms with Crippen LogP contribution in [0.15, 0.2) is 121 Å². The quantitative estimate of drug-likeness (QED) is 0.00424. The van der Waals surface area contributed by atoms with Crippen LogP contribution in [0, 0.1) is 16.2 Å². The Balaban J connectivity index is 0.000000476. The number of allylic oxidation sites excluding steroid dienone is 1. The fraction of sp³-hybridized carbons (Fsp3) is 0.432. The van der Waals surface area contributed by atoms with Gasteiger partial charge in [0.15, 0.2) is 17.6 Å². The van der Waals surface area contributed by atoms with Crippen LogP contribution in [0.25, 0.3) is 0 Å². The number of benzene rings is 5. The summed E-state index contributed by atoms with van der Waals surface area (Å²) in [6.45, 7) is 5.34. The number of piperidine rings is 1. The van der Waals surface area contributed by atoms with Crippen LogP contribution in [0.3, 0.4) is 0 Å². The maximum absolute atomic E-state index is 15.1. The predicted octanol–water partition coefficient (Wildman–Crippen LogP) is 4.93. The number of likely N-dealkylation sites (tertiary alicyclic amines) is 3. The van der Waals surface area contributed by atoms with Crippen molar-refractivity contribution in [2.45, 2.75) is 132 Å². The highest BCUT2D eigenvalue weighted by molar-refractivity contribution is 7.80. The van der Waals surface area contributed by atoms with E-state index >= 15 is 4.79 Å². The van der Waals surface area contributed by atoms with Gasteiger partial charge in [-0.15, -0.1) is 0 Å². The number of aldehydes is 1. The second-order valence-electron chi connectivity index (χ2n) is 26.4. The van der Waals surface area contributed by atoms with Gasteiger partial charge in [-0.25, -0.2) is 14.4 Å². The summed E-state index contributed by atoms with van der Waals surface area (Å²) in [5, 5.41) is 26.7. The fourth-order valence-electron chi connectivity index (χ4n) is 14.5. The second kappa shape index (κ2) is 34.2. The minimum atomic E-state index is -1.32. The van der Waals surface area contributed by atoms with Crippen LogP contribution in [0.5, 0.6) is 34.5 Å². The third kappa shape index (κ3) is 16.9. The molecule has 5 aromatic carbocycles. The number of carbonyl (C=O) groups is 8. The molecule has 4 amide bonds. The summed E-state index contributed by atoms with van der Waals surface area (Å²) in [5.74, 6) is -0.506. The first kappa shape index (κ1) is 74.7. The summed E-state index contributed by atoms with van der Waals surface area (Å²) in [4.78, 5) is 111. The second-order valence-corrected chi connectivity index (χ2v) is 27.1. The fourth-order valence-corrected chi connectivity index (χ4v) is 15.1. The third-order valence-electron chi connectivity index (χ3n) is 20.2. The van der Waals surface area contributed by atoms with E-state index in [2.05, 4.69) is 71.5 Å². The lowest BCUT2D eigenvalue weighted by atomic mass is 9.45. The number of thiol groups is 2. The Hall–Kier alpha value is -9.52. The van der Waals surface area contributed by atoms with E-state index in [4.69, 9.17) is 62.5 Å². The SMILES string of the molecule is COc1ccc2c3c1O[C@H]1C(OC(=O)C4CCCN4C(=O)C(COc4ccc(C(=O)Oc5ccc(C(=N)N)cc5)cc4)NC(=O)[C@H](CCCCN)NCOc4ccc(C(=O)Oc5ccc(C(=N)N)cc5)cc4)=CC[C@@]4(C)[C@@H](C2)N(C)CC[C@]314.[2H]C(=O)C1CCCN1C(=O)C(CS)NC(=O)C(C)NCS. The molecule has 6 aliphatic rings. The Bertz CT molecular complexity index is 4040. The molecule has 29 heteroatoms. The first-order valence-electron chi connectivity index (χ1n) is 34.8. The number of nitrogen functional groups attached to an aromatic ring is 2. The van der Waals surface area contributed by atoms with E-state index in [0.29, 0.717) is 104 Å². The zero-order chi connectivity index (χ0) is 74.6. The standard InChI is InChI=1S/C62H69N9O12.C12H21N3O3S2/c1-61-28-27-49(53-62(61)29-32-70(2)50(61)33-40-17-26-48(77-3)52(83-53)51(40)62)82-60(76)47-8-6-31-71(47)57(73)46(34-78-41-18-13-38(14-19-41)58(74)80-43-22-9-36(10-23-43)54(64)65)69-56(72)45(7-4-5-30-63)68-35-79-42-20-15-39(16-21-42)59(75)81-44-24-11-37(12-25-44)55(66)67;1-8(13-7-20)11(17)14-10(6-19)12(18)15-4-2-3-9(15)5-16/h9-27,45-47,50,53,68H,4-8,28-35,63H2,1-3H3,(H3,64,65)(H3,66,67)(H,69,72);5,8-10,13,19-20H,2-4,6-7H2,1H3,(H,14,17)/t45-,46?,47?,50+,53-,61-,62-;/m0./s1/i;5D. The number of amides is 4. The van der Waals surface area contributed by atoms with Crippen LogP contribution in [0.2, 0.25) is 0 Å². The molecule has 3 saturated heterocycles. The number of rotatable bonds is 30. The lowest BCUT2D eigenvalue weighted by Gasteiger charge is -2.63. The number of hydrogen-bond acceptors (Lipinski definition) is 23. The van der Waals surface area contributed by atoms with E-state index in [9.17, 15) is 33.6 Å². The number of ether oxygens (including phenoxy) is 7. The van der Waals surface area contributed by atoms with Gasteiger partial charge in [0.1, 0.15) is 79.5 Å². The number of nitrogens with two attached hydrogens (primary N) is 3. The molecule has 11 rings (SSSR count). The van der Waals surface area contributed by atoms with Crippen molar-refractivity contribution in [3.63, 3.8) is 0 Å². The molecule has 27 nitrogen and oxygen atoms in total. The Morgan fingerprint density at radius 2 is 1.29 bits per heavy atom. The van der Waals surface area contributed by atoms with Crippen LogP contribution < -0.4 is 66.9 Å². The molecule has 103 heavy (non-hydrogen) atoms. The summed E-state index contributed by atoms with van der Waals surface area (Å²) in [6, 6.07) is 23.9. The van der Waals surface area contributed by atoms with Crippen molar-refractivity contribution >= 4 is 84.7 Å². The van der Waals surface area contributed by atoms with Gasteiger partial charge in [0, 0.05) is 52.9 Å². The van der Waals surface area contributed by atoms with Crippen molar-refractivity contribution in [2.75, 3.05) is 65.3 Å². The zero-order valence-corrected chi connectivity index (χ0v) is 59.7. The molecule has 0 aromatic heterocycles. The number of hydrogen-bond donors (Lipinski definition) is 11. The molecule has 2 aliphatic carbocycles. The summed E-state index contributed by atoms with van der Waals surface area (Å²) in [7, 11) is 3.79. The molecule has 3 fully saturated rings. The lowest BCUT2D eigenvalue weighted by molar-refractivity contribution is -0.155. The first-order chi connectivity index (χ1) is 49.9. The van der Waals surface area contributed by atoms with E-state index < -0.39 is 83.8 Å². The Morgan fingerprint density at radius 1 is 0.718 bits per heavy atom. The third-order valence-corrected chi connectivity index (χ3v) is 20.7. The molecule has 548 valence electrons. The largest absolute Gasteiger partial charge is 0.493 e. The van der Waals surface area contributed by atoms with Gasteiger partial charge in [-0.1, -0.05) is 19.4 Å². The molecule has 4 heterocycles. The van der Waals surface area contributed by atoms with Crippen LogP contribution in [0.4, 0.5) is 0 Å². The van der Waals surface area contributed by atoms with Crippen molar-refractivity contribution < 1.29 is 72.9 Å². The van der Waals surface area contributed by atoms with Gasteiger partial charge in [0.05, 0.1) is 41.8 Å². The highest BCUT2D eigenvalue weighted by Gasteiger charge is 2.70. The zero-order valence-electron chi connectivity index (χ0n) is 58.9. The lowest BCUT2D eigenvalue weighted by Crippen LogP contribution is -2.69. The molecule has 5 aromatic rings. The number of nitrogens with zero attached hydrogens (tertiary/aromatic N) is 3. The van der Waals surface area contributed by atoms with E-state index in [1.807, 2.05) is 12.1 Å². The molecule has 12 N–H and O–H groups in total. The highest BCUT2D eigenvalue weighted by atomic mass is 32.1. The Labute approximate surface area is 610 Å². The number of carbonyl (C=O) groups excluding carboxylic acids is 8. The number of methoxy groups -OCH3 is 1. The molecular weight excluding hydrogens is 1360 g/mol. The van der Waals surface area contributed by atoms with Crippen LogP contribution in [-0.4, -0.2) is 188 Å². The minimum absolute atomic E-state index is 0.109. The summed E-state index contributed by atoms with van der Waals surface area (Å²) in [6.07, 6.45) is 6.38. The number of unbranched alkanes of at least 4 members (excludes halogenated alkanes) is 1. The van der Waals surface area contributed by atoms with E-state index in [1.165, 1.54) is 63.9 Å². The molecule has 2 bridgehead atoms.